The first-order valence-electron chi connectivity index (χ1n) is 6.69. The quantitative estimate of drug-likeness (QED) is 0.790. The second kappa shape index (κ2) is 7.12. The van der Waals surface area contributed by atoms with Crippen LogP contribution in [0.15, 0.2) is 35.5 Å². The molecule has 7 heteroatoms. The van der Waals surface area contributed by atoms with Crippen molar-refractivity contribution in [3.8, 4) is 0 Å². The topological polar surface area (TPSA) is 85.8 Å². The molecule has 1 amide bonds. The zero-order valence-electron chi connectivity index (χ0n) is 12.1. The third kappa shape index (κ3) is 3.75. The SMILES string of the molecule is CSc1nnc(N)n1C(C)C(=O)NCCc1ccccc1. The molecule has 21 heavy (non-hydrogen) atoms. The summed E-state index contributed by atoms with van der Waals surface area (Å²) in [5.41, 5.74) is 6.96. The Labute approximate surface area is 128 Å². The van der Waals surface area contributed by atoms with E-state index < -0.39 is 6.04 Å². The Morgan fingerprint density at radius 2 is 2.10 bits per heavy atom. The van der Waals surface area contributed by atoms with Gasteiger partial charge in [-0.1, -0.05) is 42.1 Å². The van der Waals surface area contributed by atoms with E-state index in [4.69, 9.17) is 5.73 Å². The number of nitrogens with two attached hydrogens (primary N) is 1. The highest BCUT2D eigenvalue weighted by molar-refractivity contribution is 7.98. The van der Waals surface area contributed by atoms with Crippen molar-refractivity contribution in [1.29, 1.82) is 0 Å². The number of amides is 1. The molecule has 1 aromatic heterocycles. The van der Waals surface area contributed by atoms with Gasteiger partial charge in [0.15, 0.2) is 5.16 Å². The minimum absolute atomic E-state index is 0.0901. The third-order valence-electron chi connectivity index (χ3n) is 3.20. The molecule has 1 atom stereocenters. The fourth-order valence-electron chi connectivity index (χ4n) is 2.03. The minimum atomic E-state index is -0.432. The Balaban J connectivity index is 1.92. The standard InChI is InChI=1S/C14H19N5OS/c1-10(19-13(15)17-18-14(19)21-2)12(20)16-9-8-11-6-4-3-5-7-11/h3-7,10H,8-9H2,1-2H3,(H2,15,17)(H,16,20). The van der Waals surface area contributed by atoms with Crippen molar-refractivity contribution in [3.63, 3.8) is 0 Å². The molecule has 3 N–H and O–H groups in total. The molecule has 1 unspecified atom stereocenters. The van der Waals surface area contributed by atoms with Crippen LogP contribution in [0.3, 0.4) is 0 Å². The Kier molecular flexibility index (Phi) is 5.21. The zero-order valence-corrected chi connectivity index (χ0v) is 12.9. The molecular weight excluding hydrogens is 286 g/mol. The van der Waals surface area contributed by atoms with E-state index in [1.165, 1.54) is 17.3 Å². The van der Waals surface area contributed by atoms with Gasteiger partial charge in [-0.25, -0.2) is 0 Å². The van der Waals surface area contributed by atoms with Crippen LogP contribution < -0.4 is 11.1 Å². The van der Waals surface area contributed by atoms with E-state index in [1.54, 1.807) is 11.5 Å². The van der Waals surface area contributed by atoms with Crippen molar-refractivity contribution in [2.75, 3.05) is 18.5 Å². The lowest BCUT2D eigenvalue weighted by Gasteiger charge is -2.15. The lowest BCUT2D eigenvalue weighted by atomic mass is 10.1. The van der Waals surface area contributed by atoms with Gasteiger partial charge in [0.2, 0.25) is 11.9 Å². The van der Waals surface area contributed by atoms with Gasteiger partial charge in [-0.15, -0.1) is 10.2 Å². The molecule has 0 spiro atoms. The van der Waals surface area contributed by atoms with Crippen LogP contribution in [0.1, 0.15) is 18.5 Å². The highest BCUT2D eigenvalue weighted by Crippen LogP contribution is 2.20. The number of hydrogen-bond acceptors (Lipinski definition) is 5. The smallest absolute Gasteiger partial charge is 0.243 e. The van der Waals surface area contributed by atoms with E-state index in [0.717, 1.165) is 6.42 Å². The van der Waals surface area contributed by atoms with E-state index in [0.29, 0.717) is 11.7 Å². The molecule has 2 aromatic rings. The van der Waals surface area contributed by atoms with E-state index in [9.17, 15) is 4.79 Å². The molecule has 112 valence electrons. The van der Waals surface area contributed by atoms with Gasteiger partial charge in [-0.3, -0.25) is 9.36 Å². The number of hydrogen-bond donors (Lipinski definition) is 2. The van der Waals surface area contributed by atoms with Crippen LogP contribution in [0.25, 0.3) is 0 Å². The summed E-state index contributed by atoms with van der Waals surface area (Å²) >= 11 is 1.41. The Morgan fingerprint density at radius 1 is 1.38 bits per heavy atom. The highest BCUT2D eigenvalue weighted by Gasteiger charge is 2.21. The lowest BCUT2D eigenvalue weighted by Crippen LogP contribution is -2.33. The van der Waals surface area contributed by atoms with Gasteiger partial charge in [0.05, 0.1) is 0 Å². The summed E-state index contributed by atoms with van der Waals surface area (Å²) in [6.45, 7) is 2.38. The Hall–Kier alpha value is -2.02. The largest absolute Gasteiger partial charge is 0.368 e. The Bertz CT molecular complexity index is 599. The van der Waals surface area contributed by atoms with Crippen LogP contribution in [0.2, 0.25) is 0 Å². The predicted molar refractivity (Wildman–Crippen MR) is 84.1 cm³/mol. The summed E-state index contributed by atoms with van der Waals surface area (Å²) in [5, 5.41) is 11.3. The van der Waals surface area contributed by atoms with E-state index in [1.807, 2.05) is 36.6 Å². The van der Waals surface area contributed by atoms with E-state index >= 15 is 0 Å². The second-order valence-electron chi connectivity index (χ2n) is 4.62. The molecule has 1 aromatic carbocycles. The lowest BCUT2D eigenvalue weighted by molar-refractivity contribution is -0.123. The Morgan fingerprint density at radius 3 is 2.76 bits per heavy atom. The first kappa shape index (κ1) is 15.4. The van der Waals surface area contributed by atoms with E-state index in [-0.39, 0.29) is 11.9 Å². The first-order valence-corrected chi connectivity index (χ1v) is 7.92. The molecule has 0 bridgehead atoms. The van der Waals surface area contributed by atoms with Crippen LogP contribution in [-0.2, 0) is 11.2 Å². The molecule has 6 nitrogen and oxygen atoms in total. The number of nitrogen functional groups attached to an aromatic ring is 1. The van der Waals surface area contributed by atoms with Gasteiger partial charge in [0.1, 0.15) is 6.04 Å². The number of nitrogens with zero attached hydrogens (tertiary/aromatic N) is 3. The number of rotatable bonds is 6. The predicted octanol–water partition coefficient (Wildman–Crippen LogP) is 1.50. The van der Waals surface area contributed by atoms with Crippen LogP contribution >= 0.6 is 11.8 Å². The minimum Gasteiger partial charge on any atom is -0.368 e. The molecule has 0 fully saturated rings. The summed E-state index contributed by atoms with van der Waals surface area (Å²) in [4.78, 5) is 12.2. The maximum Gasteiger partial charge on any atom is 0.243 e. The fourth-order valence-corrected chi connectivity index (χ4v) is 2.60. The summed E-state index contributed by atoms with van der Waals surface area (Å²) in [6, 6.07) is 9.60. The molecule has 1 heterocycles. The number of carbonyl (C=O) groups is 1. The van der Waals surface area contributed by atoms with Crippen molar-refractivity contribution in [1.82, 2.24) is 20.1 Å². The maximum atomic E-state index is 12.2. The number of thioether (sulfide) groups is 1. The van der Waals surface area contributed by atoms with Gasteiger partial charge in [0.25, 0.3) is 0 Å². The highest BCUT2D eigenvalue weighted by atomic mass is 32.2. The number of benzene rings is 1. The fraction of sp³-hybridized carbons (Fsp3) is 0.357. The van der Waals surface area contributed by atoms with Crippen molar-refractivity contribution in [2.24, 2.45) is 0 Å². The monoisotopic (exact) mass is 305 g/mol. The number of carbonyl (C=O) groups excluding carboxylic acids is 1. The van der Waals surface area contributed by atoms with Crippen LogP contribution in [0, 0.1) is 0 Å². The van der Waals surface area contributed by atoms with Crippen molar-refractivity contribution in [3.05, 3.63) is 35.9 Å². The summed E-state index contributed by atoms with van der Waals surface area (Å²) in [7, 11) is 0. The second-order valence-corrected chi connectivity index (χ2v) is 5.39. The van der Waals surface area contributed by atoms with Crippen molar-refractivity contribution in [2.45, 2.75) is 24.5 Å². The summed E-state index contributed by atoms with van der Waals surface area (Å²) in [6.07, 6.45) is 2.67. The number of nitrogens with one attached hydrogen (secondary N) is 1. The van der Waals surface area contributed by atoms with Crippen LogP contribution in [-0.4, -0.2) is 33.5 Å². The van der Waals surface area contributed by atoms with Gasteiger partial charge < -0.3 is 11.1 Å². The maximum absolute atomic E-state index is 12.2. The third-order valence-corrected chi connectivity index (χ3v) is 3.84. The van der Waals surface area contributed by atoms with Crippen molar-refractivity contribution >= 4 is 23.6 Å². The normalized spacial score (nSPS) is 12.1. The average Bonchev–Trinajstić information content (AvgIpc) is 2.88. The first-order chi connectivity index (χ1) is 10.1. The zero-order chi connectivity index (χ0) is 15.2. The average molecular weight is 305 g/mol. The molecule has 0 radical (unpaired) electrons. The van der Waals surface area contributed by atoms with Gasteiger partial charge in [-0.05, 0) is 25.2 Å². The molecule has 2 rings (SSSR count). The number of anilines is 1. The van der Waals surface area contributed by atoms with Crippen LogP contribution in [0.5, 0.6) is 0 Å². The molecular formula is C14H19N5OS. The molecule has 0 aliphatic carbocycles. The van der Waals surface area contributed by atoms with Crippen LogP contribution in [0.4, 0.5) is 5.95 Å². The van der Waals surface area contributed by atoms with Gasteiger partial charge >= 0.3 is 0 Å². The number of aromatic nitrogens is 3. The van der Waals surface area contributed by atoms with E-state index in [2.05, 4.69) is 15.5 Å². The van der Waals surface area contributed by atoms with Crippen molar-refractivity contribution < 1.29 is 4.79 Å². The molecule has 0 aliphatic rings. The summed E-state index contributed by atoms with van der Waals surface area (Å²) < 4.78 is 1.64. The van der Waals surface area contributed by atoms with Gasteiger partial charge in [-0.2, -0.15) is 0 Å². The molecule has 0 saturated heterocycles. The molecule has 0 aliphatic heterocycles. The summed E-state index contributed by atoms with van der Waals surface area (Å²) in [5.74, 6) is 0.165. The van der Waals surface area contributed by atoms with Gasteiger partial charge in [0, 0.05) is 6.54 Å². The molecule has 0 saturated carbocycles.